The van der Waals surface area contributed by atoms with Gasteiger partial charge < -0.3 is 10.2 Å². The number of hydrogen-bond donors (Lipinski definition) is 1. The maximum Gasteiger partial charge on any atom is 0.244 e. The summed E-state index contributed by atoms with van der Waals surface area (Å²) in [7, 11) is 1.82. The summed E-state index contributed by atoms with van der Waals surface area (Å²) >= 11 is 0. The summed E-state index contributed by atoms with van der Waals surface area (Å²) in [5.41, 5.74) is 1.56. The van der Waals surface area contributed by atoms with E-state index in [2.05, 4.69) is 10.3 Å². The molecule has 2 amide bonds. The first-order valence-corrected chi connectivity index (χ1v) is 8.41. The molecule has 0 bridgehead atoms. The van der Waals surface area contributed by atoms with Gasteiger partial charge in [0.05, 0.1) is 24.5 Å². The van der Waals surface area contributed by atoms with Crippen LogP contribution in [0.2, 0.25) is 0 Å². The predicted molar refractivity (Wildman–Crippen MR) is 97.3 cm³/mol. The fourth-order valence-electron chi connectivity index (χ4n) is 3.10. The molecule has 1 unspecified atom stereocenters. The molecular formula is C19H22N4O2. The van der Waals surface area contributed by atoms with Crippen LogP contribution in [0.4, 0.5) is 11.4 Å². The van der Waals surface area contributed by atoms with Crippen molar-refractivity contribution in [3.05, 3.63) is 54.9 Å². The molecule has 2 aromatic rings. The maximum atomic E-state index is 12.8. The van der Waals surface area contributed by atoms with Gasteiger partial charge >= 0.3 is 0 Å². The Morgan fingerprint density at radius 2 is 2.08 bits per heavy atom. The van der Waals surface area contributed by atoms with Crippen molar-refractivity contribution in [3.63, 3.8) is 0 Å². The lowest BCUT2D eigenvalue weighted by molar-refractivity contribution is -0.126. The molecule has 0 spiro atoms. The topological polar surface area (TPSA) is 65.5 Å². The van der Waals surface area contributed by atoms with Crippen LogP contribution in [-0.2, 0) is 9.59 Å². The number of piperidine rings is 1. The van der Waals surface area contributed by atoms with E-state index in [4.69, 9.17) is 0 Å². The molecule has 1 N–H and O–H groups in total. The monoisotopic (exact) mass is 338 g/mol. The SMILES string of the molecule is CN(CC(=O)Nc1cccnc1)C1CCCN(c2ccccc2)C1=O. The van der Waals surface area contributed by atoms with Crippen molar-refractivity contribution in [3.8, 4) is 0 Å². The van der Waals surface area contributed by atoms with Gasteiger partial charge in [0.15, 0.2) is 0 Å². The highest BCUT2D eigenvalue weighted by Crippen LogP contribution is 2.23. The largest absolute Gasteiger partial charge is 0.324 e. The van der Waals surface area contributed by atoms with Crippen molar-refractivity contribution in [1.29, 1.82) is 0 Å². The predicted octanol–water partition coefficient (Wildman–Crippen LogP) is 2.15. The Balaban J connectivity index is 1.62. The van der Waals surface area contributed by atoms with E-state index in [9.17, 15) is 9.59 Å². The Bertz CT molecular complexity index is 721. The number of anilines is 2. The molecule has 1 aromatic carbocycles. The Morgan fingerprint density at radius 1 is 1.28 bits per heavy atom. The van der Waals surface area contributed by atoms with E-state index in [0.29, 0.717) is 5.69 Å². The summed E-state index contributed by atoms with van der Waals surface area (Å²) in [5.74, 6) is -0.103. The Morgan fingerprint density at radius 3 is 2.80 bits per heavy atom. The molecule has 1 aromatic heterocycles. The highest BCUT2D eigenvalue weighted by molar-refractivity contribution is 5.98. The van der Waals surface area contributed by atoms with Crippen molar-refractivity contribution in [2.75, 3.05) is 30.4 Å². The number of nitrogens with one attached hydrogen (secondary N) is 1. The van der Waals surface area contributed by atoms with E-state index < -0.39 is 0 Å². The number of amides is 2. The van der Waals surface area contributed by atoms with Gasteiger partial charge in [-0.25, -0.2) is 0 Å². The highest BCUT2D eigenvalue weighted by atomic mass is 16.2. The van der Waals surface area contributed by atoms with Crippen molar-refractivity contribution in [2.45, 2.75) is 18.9 Å². The van der Waals surface area contributed by atoms with E-state index in [0.717, 1.165) is 25.1 Å². The molecular weight excluding hydrogens is 316 g/mol. The number of para-hydroxylation sites is 1. The number of carbonyl (C=O) groups excluding carboxylic acids is 2. The minimum Gasteiger partial charge on any atom is -0.324 e. The van der Waals surface area contributed by atoms with Crippen LogP contribution in [0.3, 0.4) is 0 Å². The van der Waals surface area contributed by atoms with Crippen LogP contribution in [0, 0.1) is 0 Å². The lowest BCUT2D eigenvalue weighted by Crippen LogP contribution is -2.52. The summed E-state index contributed by atoms with van der Waals surface area (Å²) in [4.78, 5) is 32.7. The van der Waals surface area contributed by atoms with Gasteiger partial charge in [-0.1, -0.05) is 18.2 Å². The molecule has 2 heterocycles. The van der Waals surface area contributed by atoms with Gasteiger partial charge in [-0.05, 0) is 44.2 Å². The molecule has 25 heavy (non-hydrogen) atoms. The number of carbonyl (C=O) groups is 2. The van der Waals surface area contributed by atoms with Gasteiger partial charge in [-0.15, -0.1) is 0 Å². The molecule has 6 nitrogen and oxygen atoms in total. The van der Waals surface area contributed by atoms with Crippen LogP contribution < -0.4 is 10.2 Å². The zero-order chi connectivity index (χ0) is 17.6. The third kappa shape index (κ3) is 4.22. The van der Waals surface area contributed by atoms with Crippen LogP contribution >= 0.6 is 0 Å². The summed E-state index contributed by atoms with van der Waals surface area (Å²) in [6.45, 7) is 0.878. The third-order valence-corrected chi connectivity index (χ3v) is 4.35. The van der Waals surface area contributed by atoms with Crippen LogP contribution in [0.5, 0.6) is 0 Å². The van der Waals surface area contributed by atoms with Gasteiger partial charge in [-0.2, -0.15) is 0 Å². The lowest BCUT2D eigenvalue weighted by atomic mass is 10.0. The molecule has 0 aliphatic carbocycles. The van der Waals surface area contributed by atoms with E-state index in [1.54, 1.807) is 24.5 Å². The second kappa shape index (κ2) is 7.90. The van der Waals surface area contributed by atoms with Crippen LogP contribution in [-0.4, -0.2) is 47.9 Å². The molecule has 1 aliphatic heterocycles. The fourth-order valence-corrected chi connectivity index (χ4v) is 3.10. The van der Waals surface area contributed by atoms with Gasteiger partial charge in [0.2, 0.25) is 11.8 Å². The molecule has 1 aliphatic rings. The van der Waals surface area contributed by atoms with Crippen LogP contribution in [0.15, 0.2) is 54.9 Å². The Labute approximate surface area is 147 Å². The fraction of sp³-hybridized carbons (Fsp3) is 0.316. The number of pyridine rings is 1. The standard InChI is InChI=1S/C19H22N4O2/c1-22(14-18(24)21-15-7-5-11-20-13-15)17-10-6-12-23(19(17)25)16-8-3-2-4-9-16/h2-5,7-9,11,13,17H,6,10,12,14H2,1H3,(H,21,24). The van der Waals surface area contributed by atoms with Crippen molar-refractivity contribution in [1.82, 2.24) is 9.88 Å². The summed E-state index contributed by atoms with van der Waals surface area (Å²) in [6, 6.07) is 12.9. The Kier molecular flexibility index (Phi) is 5.40. The van der Waals surface area contributed by atoms with Crippen LogP contribution in [0.1, 0.15) is 12.8 Å². The number of likely N-dealkylation sites (N-methyl/N-ethyl adjacent to an activating group) is 1. The maximum absolute atomic E-state index is 12.8. The first kappa shape index (κ1) is 17.1. The summed E-state index contributed by atoms with van der Waals surface area (Å²) in [5, 5.41) is 2.80. The second-order valence-electron chi connectivity index (χ2n) is 6.19. The first-order chi connectivity index (χ1) is 12.1. The van der Waals surface area contributed by atoms with Gasteiger partial charge in [0.1, 0.15) is 0 Å². The van der Waals surface area contributed by atoms with Crippen LogP contribution in [0.25, 0.3) is 0 Å². The molecule has 6 heteroatoms. The number of benzene rings is 1. The van der Waals surface area contributed by atoms with E-state index >= 15 is 0 Å². The average Bonchev–Trinajstić information content (AvgIpc) is 2.63. The number of aromatic nitrogens is 1. The minimum atomic E-state index is -0.284. The quantitative estimate of drug-likeness (QED) is 0.907. The summed E-state index contributed by atoms with van der Waals surface area (Å²) in [6.07, 6.45) is 4.93. The average molecular weight is 338 g/mol. The normalized spacial score (nSPS) is 17.6. The van der Waals surface area contributed by atoms with E-state index in [1.165, 1.54) is 0 Å². The van der Waals surface area contributed by atoms with Gasteiger partial charge in [0, 0.05) is 18.4 Å². The summed E-state index contributed by atoms with van der Waals surface area (Å²) < 4.78 is 0. The molecule has 130 valence electrons. The molecule has 1 atom stereocenters. The zero-order valence-electron chi connectivity index (χ0n) is 14.3. The third-order valence-electron chi connectivity index (χ3n) is 4.35. The van der Waals surface area contributed by atoms with Crippen molar-refractivity contribution < 1.29 is 9.59 Å². The minimum absolute atomic E-state index is 0.0501. The second-order valence-corrected chi connectivity index (χ2v) is 6.19. The van der Waals surface area contributed by atoms with Gasteiger partial charge in [0.25, 0.3) is 0 Å². The highest BCUT2D eigenvalue weighted by Gasteiger charge is 2.33. The molecule has 1 saturated heterocycles. The molecule has 0 saturated carbocycles. The number of hydrogen-bond acceptors (Lipinski definition) is 4. The van der Waals surface area contributed by atoms with Crippen molar-refractivity contribution >= 4 is 23.2 Å². The number of rotatable bonds is 5. The molecule has 3 rings (SSSR count). The van der Waals surface area contributed by atoms with E-state index in [1.807, 2.05) is 47.2 Å². The van der Waals surface area contributed by atoms with Crippen molar-refractivity contribution in [2.24, 2.45) is 0 Å². The first-order valence-electron chi connectivity index (χ1n) is 8.41. The van der Waals surface area contributed by atoms with E-state index in [-0.39, 0.29) is 24.4 Å². The zero-order valence-corrected chi connectivity index (χ0v) is 14.3. The van der Waals surface area contributed by atoms with Gasteiger partial charge in [-0.3, -0.25) is 19.5 Å². The number of nitrogens with zero attached hydrogens (tertiary/aromatic N) is 3. The smallest absolute Gasteiger partial charge is 0.244 e. The molecule has 1 fully saturated rings. The lowest BCUT2D eigenvalue weighted by Gasteiger charge is -2.36. The molecule has 0 radical (unpaired) electrons. The Hall–Kier alpha value is -2.73.